The van der Waals surface area contributed by atoms with Crippen LogP contribution in [0.4, 0.5) is 0 Å². The largest absolute Gasteiger partial charge is 0.396 e. The number of hydrogen-bond acceptors (Lipinski definition) is 5. The lowest BCUT2D eigenvalue weighted by atomic mass is 9.84. The van der Waals surface area contributed by atoms with Gasteiger partial charge in [-0.1, -0.05) is 11.6 Å². The van der Waals surface area contributed by atoms with Gasteiger partial charge in [-0.25, -0.2) is 0 Å². The Morgan fingerprint density at radius 2 is 2.27 bits per heavy atom. The highest BCUT2D eigenvalue weighted by atomic mass is 35.5. The minimum Gasteiger partial charge on any atom is -0.396 e. The molecule has 2 N–H and O–H groups in total. The molecule has 3 unspecified atom stereocenters. The molecule has 1 fully saturated rings. The lowest BCUT2D eigenvalue weighted by Crippen LogP contribution is -2.38. The number of nitrogens with one attached hydrogen (secondary N) is 1. The average molecular weight is 338 g/mol. The molecule has 4 nitrogen and oxygen atoms in total. The molecule has 0 radical (unpaired) electrons. The van der Waals surface area contributed by atoms with Crippen LogP contribution in [0.25, 0.3) is 0 Å². The molecule has 0 amide bonds. The van der Waals surface area contributed by atoms with Gasteiger partial charge in [0.05, 0.1) is 16.1 Å². The zero-order valence-electron chi connectivity index (χ0n) is 12.5. The number of aromatic nitrogens is 2. The van der Waals surface area contributed by atoms with Gasteiger partial charge in [-0.05, 0) is 43.7 Å². The Labute approximate surface area is 139 Å². The molecular weight excluding hydrogens is 318 g/mol. The topological polar surface area (TPSA) is 58.0 Å². The van der Waals surface area contributed by atoms with Crippen LogP contribution >= 0.6 is 22.9 Å². The number of hydrogen-bond donors (Lipinski definition) is 2. The van der Waals surface area contributed by atoms with Crippen LogP contribution in [0.15, 0.2) is 24.7 Å². The van der Waals surface area contributed by atoms with Crippen LogP contribution in [0.1, 0.15) is 47.9 Å². The molecule has 0 aromatic carbocycles. The van der Waals surface area contributed by atoms with E-state index in [1.165, 1.54) is 10.4 Å². The first-order chi connectivity index (χ1) is 10.7. The molecule has 0 saturated carbocycles. The van der Waals surface area contributed by atoms with Crippen LogP contribution in [0, 0.1) is 0 Å². The van der Waals surface area contributed by atoms with Crippen molar-refractivity contribution in [1.29, 1.82) is 0 Å². The van der Waals surface area contributed by atoms with E-state index in [1.54, 1.807) is 23.7 Å². The molecule has 0 bridgehead atoms. The number of piperidine rings is 1. The summed E-state index contributed by atoms with van der Waals surface area (Å²) in [6.07, 6.45) is 8.01. The van der Waals surface area contributed by atoms with E-state index in [0.717, 1.165) is 22.9 Å². The molecule has 1 aliphatic heterocycles. The van der Waals surface area contributed by atoms with Crippen molar-refractivity contribution in [3.63, 3.8) is 0 Å². The summed E-state index contributed by atoms with van der Waals surface area (Å²) < 4.78 is 0.806. The Kier molecular flexibility index (Phi) is 5.08. The molecule has 6 heteroatoms. The van der Waals surface area contributed by atoms with Crippen LogP contribution in [0.3, 0.4) is 0 Å². The quantitative estimate of drug-likeness (QED) is 0.898. The normalized spacial score (nSPS) is 25.3. The summed E-state index contributed by atoms with van der Waals surface area (Å²) in [5.41, 5.74) is 2.18. The first-order valence-electron chi connectivity index (χ1n) is 7.58. The fourth-order valence-corrected chi connectivity index (χ4v) is 4.71. The molecule has 3 atom stereocenters. The monoisotopic (exact) mass is 337 g/mol. The van der Waals surface area contributed by atoms with Crippen LogP contribution in [0.2, 0.25) is 4.34 Å². The molecule has 0 aliphatic carbocycles. The van der Waals surface area contributed by atoms with Gasteiger partial charge in [0.2, 0.25) is 0 Å². The van der Waals surface area contributed by atoms with Crippen LogP contribution < -0.4 is 5.32 Å². The van der Waals surface area contributed by atoms with Crippen LogP contribution in [-0.4, -0.2) is 27.7 Å². The molecule has 3 rings (SSSR count). The summed E-state index contributed by atoms with van der Waals surface area (Å²) in [7, 11) is 0. The van der Waals surface area contributed by atoms with Gasteiger partial charge in [-0.15, -0.1) is 11.3 Å². The third kappa shape index (κ3) is 3.49. The number of halogens is 1. The van der Waals surface area contributed by atoms with Gasteiger partial charge >= 0.3 is 0 Å². The molecule has 0 spiro atoms. The third-order valence-electron chi connectivity index (χ3n) is 4.15. The number of rotatable bonds is 4. The van der Waals surface area contributed by atoms with E-state index in [-0.39, 0.29) is 12.6 Å². The Hall–Kier alpha value is -1.01. The Bertz CT molecular complexity index is 619. The minimum absolute atomic E-state index is 0.161. The average Bonchev–Trinajstić information content (AvgIpc) is 2.89. The van der Waals surface area contributed by atoms with E-state index in [9.17, 15) is 5.11 Å². The van der Waals surface area contributed by atoms with E-state index in [0.29, 0.717) is 18.4 Å². The maximum Gasteiger partial charge on any atom is 0.0934 e. The summed E-state index contributed by atoms with van der Waals surface area (Å²) >= 11 is 7.86. The third-order valence-corrected chi connectivity index (χ3v) is 5.62. The highest BCUT2D eigenvalue weighted by molar-refractivity contribution is 7.16. The first-order valence-corrected chi connectivity index (χ1v) is 8.77. The van der Waals surface area contributed by atoms with Gasteiger partial charge in [0.1, 0.15) is 0 Å². The molecular formula is C16H20ClN3OS. The molecule has 1 aliphatic rings. The van der Waals surface area contributed by atoms with Crippen molar-refractivity contribution in [3.8, 4) is 0 Å². The fourth-order valence-electron chi connectivity index (χ4n) is 3.27. The summed E-state index contributed by atoms with van der Waals surface area (Å²) in [6, 6.07) is 2.63. The SMILES string of the molecule is CC1CC(c2sc(Cl)cc2CCO)CC(c2cnccn2)N1. The maximum absolute atomic E-state index is 9.26. The van der Waals surface area contributed by atoms with Crippen molar-refractivity contribution >= 4 is 22.9 Å². The predicted octanol–water partition coefficient (Wildman–Crippen LogP) is 3.32. The van der Waals surface area contributed by atoms with Crippen molar-refractivity contribution in [2.75, 3.05) is 6.61 Å². The van der Waals surface area contributed by atoms with Crippen molar-refractivity contribution in [3.05, 3.63) is 45.1 Å². The van der Waals surface area contributed by atoms with Crippen molar-refractivity contribution in [2.45, 2.75) is 44.2 Å². The summed E-state index contributed by atoms with van der Waals surface area (Å²) in [5.74, 6) is 0.447. The van der Waals surface area contributed by atoms with Crippen LogP contribution in [0.5, 0.6) is 0 Å². The summed E-state index contributed by atoms with van der Waals surface area (Å²) in [5, 5.41) is 12.9. The lowest BCUT2D eigenvalue weighted by Gasteiger charge is -2.34. The minimum atomic E-state index is 0.161. The van der Waals surface area contributed by atoms with Crippen molar-refractivity contribution < 1.29 is 5.11 Å². The Morgan fingerprint density at radius 3 is 3.00 bits per heavy atom. The number of nitrogens with zero attached hydrogens (tertiary/aromatic N) is 2. The molecule has 22 heavy (non-hydrogen) atoms. The van der Waals surface area contributed by atoms with E-state index in [2.05, 4.69) is 22.2 Å². The highest BCUT2D eigenvalue weighted by Crippen LogP contribution is 2.42. The van der Waals surface area contributed by atoms with Gasteiger partial charge in [-0.3, -0.25) is 9.97 Å². The summed E-state index contributed by atoms with van der Waals surface area (Å²) in [4.78, 5) is 9.94. The van der Waals surface area contributed by atoms with Gasteiger partial charge in [-0.2, -0.15) is 0 Å². The van der Waals surface area contributed by atoms with Crippen molar-refractivity contribution in [2.24, 2.45) is 0 Å². The van der Waals surface area contributed by atoms with Crippen LogP contribution in [-0.2, 0) is 6.42 Å². The predicted molar refractivity (Wildman–Crippen MR) is 89.5 cm³/mol. The number of thiophene rings is 1. The van der Waals surface area contributed by atoms with E-state index < -0.39 is 0 Å². The van der Waals surface area contributed by atoms with Gasteiger partial charge in [0.25, 0.3) is 0 Å². The van der Waals surface area contributed by atoms with E-state index in [1.807, 2.05) is 12.3 Å². The summed E-state index contributed by atoms with van der Waals surface area (Å²) in [6.45, 7) is 2.37. The maximum atomic E-state index is 9.26. The molecule has 118 valence electrons. The zero-order valence-corrected chi connectivity index (χ0v) is 14.1. The molecule has 2 aromatic heterocycles. The van der Waals surface area contributed by atoms with Gasteiger partial charge < -0.3 is 10.4 Å². The molecule has 3 heterocycles. The van der Waals surface area contributed by atoms with E-state index >= 15 is 0 Å². The molecule has 2 aromatic rings. The molecule has 1 saturated heterocycles. The van der Waals surface area contributed by atoms with Gasteiger partial charge in [0.15, 0.2) is 0 Å². The van der Waals surface area contributed by atoms with E-state index in [4.69, 9.17) is 11.6 Å². The fraction of sp³-hybridized carbons (Fsp3) is 0.500. The first kappa shape index (κ1) is 15.9. The smallest absolute Gasteiger partial charge is 0.0934 e. The second-order valence-corrected chi connectivity index (χ2v) is 7.55. The number of aliphatic hydroxyl groups is 1. The van der Waals surface area contributed by atoms with Gasteiger partial charge in [0, 0.05) is 36.1 Å². The standard InChI is InChI=1S/C16H20ClN3OS/c1-10-6-12(16-11(2-5-21)8-15(17)22-16)7-13(20-10)14-9-18-3-4-19-14/h3-4,8-10,12-13,20-21H,2,5-7H2,1H3. The second-order valence-electron chi connectivity index (χ2n) is 5.83. The second kappa shape index (κ2) is 7.04. The lowest BCUT2D eigenvalue weighted by molar-refractivity contribution is 0.293. The van der Waals surface area contributed by atoms with Crippen molar-refractivity contribution in [1.82, 2.24) is 15.3 Å². The number of aliphatic hydroxyl groups excluding tert-OH is 1. The highest BCUT2D eigenvalue weighted by Gasteiger charge is 2.31. The Balaban J connectivity index is 1.85. The zero-order chi connectivity index (χ0) is 15.5. The Morgan fingerprint density at radius 1 is 1.41 bits per heavy atom.